The number of hydrogen-bond donors (Lipinski definition) is 1. The summed E-state index contributed by atoms with van der Waals surface area (Å²) in [5.74, 6) is 0.495. The molecule has 2 aliphatic rings. The zero-order valence-corrected chi connectivity index (χ0v) is 14.8. The number of likely N-dealkylation sites (tertiary alicyclic amines) is 1. The lowest BCUT2D eigenvalue weighted by atomic mass is 9.88. The number of amidine groups is 1. The molecule has 0 atom stereocenters. The Balaban J connectivity index is 1.43. The summed E-state index contributed by atoms with van der Waals surface area (Å²) < 4.78 is 1.52. The number of piperidine rings is 1. The molecular weight excluding hydrogens is 354 g/mol. The molecule has 3 heterocycles. The number of aliphatic imine (C=N–C) groups is 1. The topological polar surface area (TPSA) is 79.6 Å². The van der Waals surface area contributed by atoms with Gasteiger partial charge in [-0.25, -0.2) is 0 Å². The summed E-state index contributed by atoms with van der Waals surface area (Å²) in [6.07, 6.45) is 4.15. The van der Waals surface area contributed by atoms with Crippen LogP contribution in [-0.2, 0) is 16.1 Å². The maximum absolute atomic E-state index is 12.5. The minimum Gasteiger partial charge on any atom is -0.341 e. The van der Waals surface area contributed by atoms with Crippen LogP contribution in [0.3, 0.4) is 0 Å². The van der Waals surface area contributed by atoms with Crippen LogP contribution < -0.4 is 5.32 Å². The minimum atomic E-state index is -0.767. The molecule has 0 bridgehead atoms. The van der Waals surface area contributed by atoms with E-state index in [4.69, 9.17) is 16.6 Å². The van der Waals surface area contributed by atoms with E-state index in [1.807, 2.05) is 30.3 Å². The van der Waals surface area contributed by atoms with Crippen LogP contribution in [0.2, 0.25) is 5.02 Å². The highest BCUT2D eigenvalue weighted by Crippen LogP contribution is 2.31. The number of benzene rings is 1. The number of amides is 2. The van der Waals surface area contributed by atoms with Gasteiger partial charge in [-0.15, -0.1) is 0 Å². The Bertz CT molecular complexity index is 869. The van der Waals surface area contributed by atoms with Gasteiger partial charge in [0.05, 0.1) is 11.2 Å². The largest absolute Gasteiger partial charge is 0.341 e. The lowest BCUT2D eigenvalue weighted by molar-refractivity contribution is -0.136. The van der Waals surface area contributed by atoms with Crippen LogP contribution in [0.1, 0.15) is 18.4 Å². The van der Waals surface area contributed by atoms with E-state index in [1.54, 1.807) is 11.1 Å². The number of carbonyl (C=O) groups is 2. The molecule has 2 aliphatic heterocycles. The van der Waals surface area contributed by atoms with E-state index in [-0.39, 0.29) is 18.4 Å². The van der Waals surface area contributed by atoms with Gasteiger partial charge in [-0.1, -0.05) is 41.9 Å². The van der Waals surface area contributed by atoms with Crippen LogP contribution in [0.5, 0.6) is 0 Å². The first kappa shape index (κ1) is 16.8. The number of rotatable bonds is 3. The van der Waals surface area contributed by atoms with Crippen LogP contribution in [0.25, 0.3) is 0 Å². The number of nitrogens with one attached hydrogen (secondary N) is 1. The number of halogens is 1. The molecule has 0 saturated carbocycles. The third-order valence-electron chi connectivity index (χ3n) is 4.87. The van der Waals surface area contributed by atoms with Crippen molar-refractivity contribution in [2.24, 2.45) is 4.99 Å². The first-order chi connectivity index (χ1) is 12.6. The van der Waals surface area contributed by atoms with Crippen molar-refractivity contribution in [2.45, 2.75) is 24.9 Å². The zero-order valence-electron chi connectivity index (χ0n) is 14.1. The predicted octanol–water partition coefficient (Wildman–Crippen LogP) is 1.47. The fraction of sp³-hybridized carbons (Fsp3) is 0.333. The molecule has 2 amide bonds. The molecule has 1 saturated heterocycles. The van der Waals surface area contributed by atoms with Gasteiger partial charge in [-0.3, -0.25) is 19.3 Å². The van der Waals surface area contributed by atoms with Crippen molar-refractivity contribution in [1.82, 2.24) is 20.0 Å². The van der Waals surface area contributed by atoms with Crippen LogP contribution in [-0.4, -0.2) is 51.0 Å². The fourth-order valence-corrected chi connectivity index (χ4v) is 3.53. The first-order valence-electron chi connectivity index (χ1n) is 8.48. The van der Waals surface area contributed by atoms with Crippen molar-refractivity contribution in [3.63, 3.8) is 0 Å². The lowest BCUT2D eigenvalue weighted by Gasteiger charge is -2.35. The Hall–Kier alpha value is -2.67. The average molecular weight is 372 g/mol. The molecule has 1 spiro atoms. The molecule has 26 heavy (non-hydrogen) atoms. The van der Waals surface area contributed by atoms with Gasteiger partial charge in [0.15, 0.2) is 0 Å². The summed E-state index contributed by atoms with van der Waals surface area (Å²) in [4.78, 5) is 31.4. The Morgan fingerprint density at radius 2 is 1.96 bits per heavy atom. The quantitative estimate of drug-likeness (QED) is 0.887. The second-order valence-electron chi connectivity index (χ2n) is 6.55. The maximum Gasteiger partial charge on any atom is 0.253 e. The maximum atomic E-state index is 12.5. The summed E-state index contributed by atoms with van der Waals surface area (Å²) in [6, 6.07) is 9.60. The van der Waals surface area contributed by atoms with Gasteiger partial charge in [0.2, 0.25) is 5.91 Å². The number of nitrogens with zero attached hydrogens (tertiary/aromatic N) is 4. The predicted molar refractivity (Wildman–Crippen MR) is 96.9 cm³/mol. The average Bonchev–Trinajstić information content (AvgIpc) is 3.20. The molecule has 1 fully saturated rings. The SMILES string of the molecule is O=C(Cn1cc(Cl)cn1)N1CCC2(CC1)N=C(c1ccccc1)NC2=O. The minimum absolute atomic E-state index is 0.0368. The third kappa shape index (κ3) is 3.10. The van der Waals surface area contributed by atoms with Gasteiger partial charge in [0.25, 0.3) is 5.91 Å². The second kappa shape index (κ2) is 6.57. The smallest absolute Gasteiger partial charge is 0.253 e. The number of carbonyl (C=O) groups excluding carboxylic acids is 2. The monoisotopic (exact) mass is 371 g/mol. The van der Waals surface area contributed by atoms with E-state index >= 15 is 0 Å². The molecule has 4 rings (SSSR count). The Kier molecular flexibility index (Phi) is 4.24. The van der Waals surface area contributed by atoms with Crippen LogP contribution in [0.15, 0.2) is 47.7 Å². The van der Waals surface area contributed by atoms with Gasteiger partial charge in [0, 0.05) is 24.8 Å². The third-order valence-corrected chi connectivity index (χ3v) is 5.07. The zero-order chi connectivity index (χ0) is 18.1. The highest BCUT2D eigenvalue weighted by atomic mass is 35.5. The molecule has 134 valence electrons. The molecule has 1 aromatic heterocycles. The van der Waals surface area contributed by atoms with Crippen LogP contribution >= 0.6 is 11.6 Å². The Labute approximate surface area is 155 Å². The molecule has 0 aliphatic carbocycles. The Morgan fingerprint density at radius 1 is 1.23 bits per heavy atom. The molecular formula is C18H18ClN5O2. The van der Waals surface area contributed by atoms with E-state index in [9.17, 15) is 9.59 Å². The van der Waals surface area contributed by atoms with Crippen molar-refractivity contribution in [3.05, 3.63) is 53.3 Å². The van der Waals surface area contributed by atoms with Crippen molar-refractivity contribution >= 4 is 29.3 Å². The van der Waals surface area contributed by atoms with Gasteiger partial charge >= 0.3 is 0 Å². The molecule has 0 unspecified atom stereocenters. The standard InChI is InChI=1S/C18H18ClN5O2/c19-14-10-20-24(11-14)12-15(25)23-8-6-18(7-9-23)17(26)21-16(22-18)13-4-2-1-3-5-13/h1-5,10-11H,6-9,12H2,(H,21,22,26). The summed E-state index contributed by atoms with van der Waals surface area (Å²) in [6.45, 7) is 1.13. The second-order valence-corrected chi connectivity index (χ2v) is 6.99. The van der Waals surface area contributed by atoms with Crippen molar-refractivity contribution in [3.8, 4) is 0 Å². The van der Waals surface area contributed by atoms with Gasteiger partial charge in [-0.2, -0.15) is 5.10 Å². The van der Waals surface area contributed by atoms with Crippen LogP contribution in [0.4, 0.5) is 0 Å². The van der Waals surface area contributed by atoms with E-state index in [0.29, 0.717) is 36.8 Å². The molecule has 8 heteroatoms. The van der Waals surface area contributed by atoms with Gasteiger partial charge < -0.3 is 10.2 Å². The first-order valence-corrected chi connectivity index (χ1v) is 8.86. The van der Waals surface area contributed by atoms with Crippen molar-refractivity contribution < 1.29 is 9.59 Å². The summed E-state index contributed by atoms with van der Waals surface area (Å²) >= 11 is 5.82. The van der Waals surface area contributed by atoms with E-state index in [1.165, 1.54) is 10.9 Å². The number of hydrogen-bond acceptors (Lipinski definition) is 4. The highest BCUT2D eigenvalue weighted by Gasteiger charge is 2.46. The molecule has 7 nitrogen and oxygen atoms in total. The summed E-state index contributed by atoms with van der Waals surface area (Å²) in [5.41, 5.74) is 0.128. The molecule has 1 N–H and O–H groups in total. The van der Waals surface area contributed by atoms with Crippen LogP contribution in [0, 0.1) is 0 Å². The normalized spacial score (nSPS) is 18.7. The lowest BCUT2D eigenvalue weighted by Crippen LogP contribution is -2.51. The summed E-state index contributed by atoms with van der Waals surface area (Å²) in [5, 5.41) is 7.43. The number of aromatic nitrogens is 2. The fourth-order valence-electron chi connectivity index (χ4n) is 3.38. The van der Waals surface area contributed by atoms with Gasteiger partial charge in [-0.05, 0) is 12.8 Å². The van der Waals surface area contributed by atoms with Crippen molar-refractivity contribution in [1.29, 1.82) is 0 Å². The van der Waals surface area contributed by atoms with E-state index in [2.05, 4.69) is 10.4 Å². The molecule has 1 aromatic carbocycles. The Morgan fingerprint density at radius 3 is 2.62 bits per heavy atom. The van der Waals surface area contributed by atoms with Gasteiger partial charge in [0.1, 0.15) is 17.9 Å². The summed E-state index contributed by atoms with van der Waals surface area (Å²) in [7, 11) is 0. The van der Waals surface area contributed by atoms with E-state index < -0.39 is 5.54 Å². The van der Waals surface area contributed by atoms with E-state index in [0.717, 1.165) is 5.56 Å². The van der Waals surface area contributed by atoms with Crippen molar-refractivity contribution in [2.75, 3.05) is 13.1 Å². The molecule has 2 aromatic rings. The highest BCUT2D eigenvalue weighted by molar-refractivity contribution is 6.30. The molecule has 0 radical (unpaired) electrons.